The number of hydrogen-bond donors (Lipinski definition) is 0. The number of nitrogens with zero attached hydrogens (tertiary/aromatic N) is 1. The van der Waals surface area contributed by atoms with Gasteiger partial charge in [0.05, 0.1) is 17.3 Å². The number of ether oxygens (including phenoxy) is 1. The van der Waals surface area contributed by atoms with Crippen molar-refractivity contribution in [2.24, 2.45) is 0 Å². The maximum absolute atomic E-state index is 13.5. The summed E-state index contributed by atoms with van der Waals surface area (Å²) in [5.41, 5.74) is 1.19. The zero-order valence-electron chi connectivity index (χ0n) is 11.1. The first-order valence-electron chi connectivity index (χ1n) is 6.23. The van der Waals surface area contributed by atoms with Crippen molar-refractivity contribution in [2.45, 2.75) is 0 Å². The standard InChI is InChI=1S/C16H11F2NOS/c1-20-12-5-6-14-15(9-12)21-16(19-14)7-3-10-2-4-11(17)8-13(10)18/h2-9H,1H3/b7-3+. The van der Waals surface area contributed by atoms with Gasteiger partial charge < -0.3 is 4.74 Å². The number of halogens is 2. The fourth-order valence-electron chi connectivity index (χ4n) is 1.92. The van der Waals surface area contributed by atoms with E-state index in [4.69, 9.17) is 4.74 Å². The Hall–Kier alpha value is -2.27. The highest BCUT2D eigenvalue weighted by molar-refractivity contribution is 7.19. The van der Waals surface area contributed by atoms with Crippen molar-refractivity contribution >= 4 is 33.7 Å². The first-order chi connectivity index (χ1) is 10.2. The molecule has 0 unspecified atom stereocenters. The first-order valence-corrected chi connectivity index (χ1v) is 7.05. The average Bonchev–Trinajstić information content (AvgIpc) is 2.88. The van der Waals surface area contributed by atoms with E-state index in [1.165, 1.54) is 23.5 Å². The topological polar surface area (TPSA) is 22.1 Å². The molecule has 0 atom stereocenters. The van der Waals surface area contributed by atoms with E-state index in [0.717, 1.165) is 27.0 Å². The maximum Gasteiger partial charge on any atom is 0.133 e. The van der Waals surface area contributed by atoms with E-state index >= 15 is 0 Å². The number of methoxy groups -OCH3 is 1. The Morgan fingerprint density at radius 1 is 1.10 bits per heavy atom. The van der Waals surface area contributed by atoms with Crippen LogP contribution in [0.3, 0.4) is 0 Å². The summed E-state index contributed by atoms with van der Waals surface area (Å²) in [5.74, 6) is -0.406. The molecule has 2 nitrogen and oxygen atoms in total. The monoisotopic (exact) mass is 303 g/mol. The molecule has 0 aliphatic carbocycles. The summed E-state index contributed by atoms with van der Waals surface area (Å²) in [6.45, 7) is 0. The summed E-state index contributed by atoms with van der Waals surface area (Å²) in [6, 6.07) is 9.12. The third-order valence-corrected chi connectivity index (χ3v) is 3.96. The van der Waals surface area contributed by atoms with Gasteiger partial charge in [-0.05, 0) is 42.5 Å². The van der Waals surface area contributed by atoms with Crippen molar-refractivity contribution < 1.29 is 13.5 Å². The Morgan fingerprint density at radius 2 is 1.95 bits per heavy atom. The van der Waals surface area contributed by atoms with Gasteiger partial charge in [0.25, 0.3) is 0 Å². The fraction of sp³-hybridized carbons (Fsp3) is 0.0625. The minimum Gasteiger partial charge on any atom is -0.497 e. The molecule has 0 amide bonds. The molecule has 3 aromatic rings. The Labute approximate surface area is 124 Å². The van der Waals surface area contributed by atoms with Gasteiger partial charge in [0, 0.05) is 11.6 Å². The molecule has 0 aliphatic rings. The molecule has 0 saturated heterocycles. The van der Waals surface area contributed by atoms with Crippen LogP contribution in [0.1, 0.15) is 10.6 Å². The van der Waals surface area contributed by atoms with E-state index in [1.807, 2.05) is 18.2 Å². The summed E-state index contributed by atoms with van der Waals surface area (Å²) in [5, 5.41) is 0.752. The van der Waals surface area contributed by atoms with Gasteiger partial charge in [-0.3, -0.25) is 0 Å². The molecule has 1 aromatic heterocycles. The SMILES string of the molecule is COc1ccc2nc(/C=C/c3ccc(F)cc3F)sc2c1. The lowest BCUT2D eigenvalue weighted by Gasteiger charge is -1.96. The lowest BCUT2D eigenvalue weighted by atomic mass is 10.2. The summed E-state index contributed by atoms with van der Waals surface area (Å²) in [4.78, 5) is 4.43. The van der Waals surface area contributed by atoms with Crippen LogP contribution in [0, 0.1) is 11.6 Å². The van der Waals surface area contributed by atoms with Gasteiger partial charge >= 0.3 is 0 Å². The van der Waals surface area contributed by atoms with Crippen molar-refractivity contribution in [3.8, 4) is 5.75 Å². The normalized spacial score (nSPS) is 11.4. The number of aromatic nitrogens is 1. The second-order valence-electron chi connectivity index (χ2n) is 4.38. The predicted molar refractivity (Wildman–Crippen MR) is 81.5 cm³/mol. The zero-order valence-corrected chi connectivity index (χ0v) is 12.0. The van der Waals surface area contributed by atoms with Crippen molar-refractivity contribution in [3.63, 3.8) is 0 Å². The van der Waals surface area contributed by atoms with Crippen LogP contribution in [0.5, 0.6) is 5.75 Å². The van der Waals surface area contributed by atoms with Crippen LogP contribution >= 0.6 is 11.3 Å². The smallest absolute Gasteiger partial charge is 0.133 e. The molecule has 0 fully saturated rings. The zero-order chi connectivity index (χ0) is 14.8. The van der Waals surface area contributed by atoms with E-state index < -0.39 is 11.6 Å². The molecule has 0 aliphatic heterocycles. The van der Waals surface area contributed by atoms with E-state index in [0.29, 0.717) is 5.56 Å². The van der Waals surface area contributed by atoms with Crippen molar-refractivity contribution in [3.05, 3.63) is 58.6 Å². The lowest BCUT2D eigenvalue weighted by Crippen LogP contribution is -1.83. The molecule has 1 heterocycles. The van der Waals surface area contributed by atoms with Crippen molar-refractivity contribution in [2.75, 3.05) is 7.11 Å². The van der Waals surface area contributed by atoms with Gasteiger partial charge in [0.15, 0.2) is 0 Å². The van der Waals surface area contributed by atoms with Gasteiger partial charge in [-0.2, -0.15) is 0 Å². The Morgan fingerprint density at radius 3 is 2.71 bits per heavy atom. The Balaban J connectivity index is 1.92. The lowest BCUT2D eigenvalue weighted by molar-refractivity contribution is 0.415. The van der Waals surface area contributed by atoms with Crippen LogP contribution in [-0.2, 0) is 0 Å². The van der Waals surface area contributed by atoms with E-state index in [-0.39, 0.29) is 0 Å². The summed E-state index contributed by atoms with van der Waals surface area (Å²) in [6.07, 6.45) is 3.30. The number of rotatable bonds is 3. The Kier molecular flexibility index (Phi) is 3.66. The first kappa shape index (κ1) is 13.7. The number of benzene rings is 2. The minimum atomic E-state index is -0.589. The molecule has 0 radical (unpaired) electrons. The van der Waals surface area contributed by atoms with Crippen LogP contribution in [0.15, 0.2) is 36.4 Å². The quantitative estimate of drug-likeness (QED) is 0.696. The molecule has 0 saturated carbocycles. The molecule has 5 heteroatoms. The highest BCUT2D eigenvalue weighted by Crippen LogP contribution is 2.27. The van der Waals surface area contributed by atoms with Crippen LogP contribution in [0.4, 0.5) is 8.78 Å². The molecule has 2 aromatic carbocycles. The molecule has 0 bridgehead atoms. The van der Waals surface area contributed by atoms with Crippen LogP contribution in [0.2, 0.25) is 0 Å². The molecule has 106 valence electrons. The van der Waals surface area contributed by atoms with Gasteiger partial charge in [-0.25, -0.2) is 13.8 Å². The molecular formula is C16H11F2NOS. The van der Waals surface area contributed by atoms with Crippen LogP contribution in [0.25, 0.3) is 22.4 Å². The largest absolute Gasteiger partial charge is 0.497 e. The van der Waals surface area contributed by atoms with Gasteiger partial charge in [-0.1, -0.05) is 0 Å². The minimum absolute atomic E-state index is 0.327. The molecule has 3 rings (SSSR count). The highest BCUT2D eigenvalue weighted by atomic mass is 32.1. The molecule has 0 spiro atoms. The van der Waals surface area contributed by atoms with E-state index in [1.54, 1.807) is 19.3 Å². The van der Waals surface area contributed by atoms with Gasteiger partial charge in [0.2, 0.25) is 0 Å². The fourth-order valence-corrected chi connectivity index (χ4v) is 2.82. The Bertz CT molecular complexity index is 826. The van der Waals surface area contributed by atoms with Gasteiger partial charge in [-0.15, -0.1) is 11.3 Å². The predicted octanol–water partition coefficient (Wildman–Crippen LogP) is 4.75. The molecule has 0 N–H and O–H groups in total. The second-order valence-corrected chi connectivity index (χ2v) is 5.45. The third kappa shape index (κ3) is 2.92. The summed E-state index contributed by atoms with van der Waals surface area (Å²) < 4.78 is 32.5. The third-order valence-electron chi connectivity index (χ3n) is 2.98. The number of thiazole rings is 1. The van der Waals surface area contributed by atoms with Crippen LogP contribution < -0.4 is 4.74 Å². The van der Waals surface area contributed by atoms with Crippen molar-refractivity contribution in [1.29, 1.82) is 0 Å². The van der Waals surface area contributed by atoms with E-state index in [9.17, 15) is 8.78 Å². The van der Waals surface area contributed by atoms with Gasteiger partial charge in [0.1, 0.15) is 22.4 Å². The summed E-state index contributed by atoms with van der Waals surface area (Å²) in [7, 11) is 1.61. The molecular weight excluding hydrogens is 292 g/mol. The van der Waals surface area contributed by atoms with E-state index in [2.05, 4.69) is 4.98 Å². The number of hydrogen-bond acceptors (Lipinski definition) is 3. The maximum atomic E-state index is 13.5. The summed E-state index contributed by atoms with van der Waals surface area (Å²) >= 11 is 1.48. The highest BCUT2D eigenvalue weighted by Gasteiger charge is 2.04. The molecule has 21 heavy (non-hydrogen) atoms. The second kappa shape index (κ2) is 5.61. The average molecular weight is 303 g/mol. The van der Waals surface area contributed by atoms with Crippen molar-refractivity contribution in [1.82, 2.24) is 4.98 Å². The number of fused-ring (bicyclic) bond motifs is 1. The van der Waals surface area contributed by atoms with Crippen LogP contribution in [-0.4, -0.2) is 12.1 Å².